The molecule has 0 saturated heterocycles. The van der Waals surface area contributed by atoms with E-state index in [2.05, 4.69) is 12.2 Å². The van der Waals surface area contributed by atoms with Gasteiger partial charge in [-0.3, -0.25) is 4.79 Å². The van der Waals surface area contributed by atoms with Crippen LogP contribution in [0.3, 0.4) is 0 Å². The Bertz CT molecular complexity index is 379. The lowest BCUT2D eigenvalue weighted by Gasteiger charge is -2.44. The molecule has 4 atom stereocenters. The topological polar surface area (TPSA) is 55.1 Å². The fourth-order valence-corrected chi connectivity index (χ4v) is 6.18. The van der Waals surface area contributed by atoms with Crippen molar-refractivity contribution in [1.29, 1.82) is 0 Å². The second-order valence-corrected chi connectivity index (χ2v) is 9.11. The summed E-state index contributed by atoms with van der Waals surface area (Å²) in [6.45, 7) is 2.22. The van der Waals surface area contributed by atoms with Crippen molar-refractivity contribution >= 4 is 30.1 Å². The molecule has 134 valence electrons. The minimum absolute atomic E-state index is 0. The minimum atomic E-state index is 0. The van der Waals surface area contributed by atoms with Gasteiger partial charge in [-0.1, -0.05) is 26.2 Å². The number of carbonyl (C=O) groups excluding carboxylic acids is 1. The largest absolute Gasteiger partial charge is 0.352 e. The summed E-state index contributed by atoms with van der Waals surface area (Å²) in [5, 5.41) is 4.06. The van der Waals surface area contributed by atoms with E-state index < -0.39 is 0 Å². The number of nitrogens with one attached hydrogen (secondary N) is 1. The standard InChI is InChI=1S/C18H32N2OS.ClH/c1-2-22-16-9-4-3-8-15(16)20-18(21)14-10-12-6-5-7-13(11-14)17(12)19;/h12-17H,2-11,19H2,1H3,(H,20,21);1H. The van der Waals surface area contributed by atoms with Crippen LogP contribution >= 0.6 is 24.2 Å². The van der Waals surface area contributed by atoms with Crippen LogP contribution in [0.1, 0.15) is 64.7 Å². The summed E-state index contributed by atoms with van der Waals surface area (Å²) < 4.78 is 0. The molecule has 0 aromatic carbocycles. The first-order valence-electron chi connectivity index (χ1n) is 9.36. The first-order valence-corrected chi connectivity index (χ1v) is 10.4. The second kappa shape index (κ2) is 8.96. The SMILES string of the molecule is CCSC1CCCCC1NC(=O)C1CC2CCCC(C1)C2N.Cl. The number of fused-ring (bicyclic) bond motifs is 2. The quantitative estimate of drug-likeness (QED) is 0.802. The monoisotopic (exact) mass is 360 g/mol. The first-order chi connectivity index (χ1) is 10.7. The fourth-order valence-electron chi connectivity index (χ4n) is 4.98. The number of nitrogens with two attached hydrogens (primary N) is 1. The third-order valence-electron chi connectivity index (χ3n) is 6.19. The van der Waals surface area contributed by atoms with Crippen molar-refractivity contribution in [2.45, 2.75) is 82.0 Å². The van der Waals surface area contributed by atoms with Crippen LogP contribution < -0.4 is 11.1 Å². The zero-order chi connectivity index (χ0) is 15.5. The van der Waals surface area contributed by atoms with Gasteiger partial charge in [-0.2, -0.15) is 11.8 Å². The van der Waals surface area contributed by atoms with Crippen molar-refractivity contribution < 1.29 is 4.79 Å². The summed E-state index contributed by atoms with van der Waals surface area (Å²) in [6, 6.07) is 0.762. The molecule has 0 spiro atoms. The lowest BCUT2D eigenvalue weighted by molar-refractivity contribution is -0.128. The summed E-state index contributed by atoms with van der Waals surface area (Å²) in [6.07, 6.45) is 10.9. The molecule has 0 aliphatic heterocycles. The van der Waals surface area contributed by atoms with Crippen molar-refractivity contribution in [3.05, 3.63) is 0 Å². The number of hydrogen-bond acceptors (Lipinski definition) is 3. The van der Waals surface area contributed by atoms with Crippen molar-refractivity contribution in [2.24, 2.45) is 23.5 Å². The number of thioether (sulfide) groups is 1. The third kappa shape index (κ3) is 4.58. The Morgan fingerprint density at radius 1 is 1.09 bits per heavy atom. The molecule has 3 saturated carbocycles. The minimum Gasteiger partial charge on any atom is -0.352 e. The van der Waals surface area contributed by atoms with Gasteiger partial charge in [0.2, 0.25) is 5.91 Å². The number of amides is 1. The third-order valence-corrected chi connectivity index (χ3v) is 7.52. The molecule has 3 rings (SSSR count). The molecule has 1 amide bonds. The maximum Gasteiger partial charge on any atom is 0.223 e. The Hall–Kier alpha value is 0.0700. The Labute approximate surface area is 151 Å². The van der Waals surface area contributed by atoms with E-state index in [4.69, 9.17) is 5.73 Å². The van der Waals surface area contributed by atoms with Crippen molar-refractivity contribution in [1.82, 2.24) is 5.32 Å². The molecule has 3 N–H and O–H groups in total. The molecule has 4 unspecified atom stereocenters. The van der Waals surface area contributed by atoms with Crippen LogP contribution in [-0.2, 0) is 4.79 Å². The predicted octanol–water partition coefficient (Wildman–Crippen LogP) is 3.74. The van der Waals surface area contributed by atoms with E-state index in [1.165, 1.54) is 44.9 Å². The van der Waals surface area contributed by atoms with E-state index in [1.54, 1.807) is 0 Å². The molecule has 23 heavy (non-hydrogen) atoms. The van der Waals surface area contributed by atoms with Gasteiger partial charge in [0.05, 0.1) is 0 Å². The van der Waals surface area contributed by atoms with Gasteiger partial charge in [-0.05, 0) is 56.1 Å². The van der Waals surface area contributed by atoms with E-state index in [1.807, 2.05) is 11.8 Å². The molecular weight excluding hydrogens is 328 g/mol. The zero-order valence-corrected chi connectivity index (χ0v) is 16.0. The zero-order valence-electron chi connectivity index (χ0n) is 14.3. The van der Waals surface area contributed by atoms with Gasteiger partial charge >= 0.3 is 0 Å². The molecule has 0 aromatic heterocycles. The lowest BCUT2D eigenvalue weighted by Crippen LogP contribution is -2.51. The van der Waals surface area contributed by atoms with Crippen LogP contribution in [0.15, 0.2) is 0 Å². The summed E-state index contributed by atoms with van der Waals surface area (Å²) in [5.74, 6) is 2.90. The summed E-state index contributed by atoms with van der Waals surface area (Å²) in [5.41, 5.74) is 6.36. The van der Waals surface area contributed by atoms with Gasteiger partial charge in [0.1, 0.15) is 0 Å². The molecule has 0 aromatic rings. The van der Waals surface area contributed by atoms with Gasteiger partial charge in [0, 0.05) is 23.3 Å². The van der Waals surface area contributed by atoms with Gasteiger partial charge in [0.15, 0.2) is 0 Å². The van der Waals surface area contributed by atoms with Crippen molar-refractivity contribution in [3.63, 3.8) is 0 Å². The summed E-state index contributed by atoms with van der Waals surface area (Å²) in [4.78, 5) is 12.8. The van der Waals surface area contributed by atoms with E-state index in [9.17, 15) is 4.79 Å². The molecule has 0 radical (unpaired) electrons. The molecule has 3 fully saturated rings. The first kappa shape index (κ1) is 19.4. The number of halogens is 1. The van der Waals surface area contributed by atoms with Crippen molar-refractivity contribution in [2.75, 3.05) is 5.75 Å². The molecule has 3 nitrogen and oxygen atoms in total. The highest BCUT2D eigenvalue weighted by atomic mass is 35.5. The van der Waals surface area contributed by atoms with E-state index in [0.717, 1.165) is 18.6 Å². The molecule has 0 heterocycles. The number of rotatable bonds is 4. The highest BCUT2D eigenvalue weighted by molar-refractivity contribution is 7.99. The Morgan fingerprint density at radius 2 is 1.74 bits per heavy atom. The Kier molecular flexibility index (Phi) is 7.56. The van der Waals surface area contributed by atoms with Gasteiger partial charge in [-0.15, -0.1) is 12.4 Å². The summed E-state index contributed by atoms with van der Waals surface area (Å²) >= 11 is 2.03. The highest BCUT2D eigenvalue weighted by Gasteiger charge is 2.41. The lowest BCUT2D eigenvalue weighted by atomic mass is 9.65. The van der Waals surface area contributed by atoms with Gasteiger partial charge in [0.25, 0.3) is 0 Å². The molecule has 3 aliphatic carbocycles. The average Bonchev–Trinajstić information content (AvgIpc) is 2.49. The molecule has 3 aliphatic rings. The smallest absolute Gasteiger partial charge is 0.223 e. The van der Waals surface area contributed by atoms with Crippen LogP contribution in [0.25, 0.3) is 0 Å². The van der Waals surface area contributed by atoms with E-state index in [0.29, 0.717) is 35.1 Å². The molecule has 5 heteroatoms. The number of carbonyl (C=O) groups is 1. The van der Waals surface area contributed by atoms with Gasteiger partial charge < -0.3 is 11.1 Å². The fraction of sp³-hybridized carbons (Fsp3) is 0.944. The average molecular weight is 361 g/mol. The maximum atomic E-state index is 12.8. The van der Waals surface area contributed by atoms with Crippen LogP contribution in [0.2, 0.25) is 0 Å². The van der Waals surface area contributed by atoms with Crippen LogP contribution in [0.5, 0.6) is 0 Å². The second-order valence-electron chi connectivity index (χ2n) is 7.59. The molecule has 2 bridgehead atoms. The van der Waals surface area contributed by atoms with E-state index in [-0.39, 0.29) is 18.3 Å². The highest BCUT2D eigenvalue weighted by Crippen LogP contribution is 2.42. The summed E-state index contributed by atoms with van der Waals surface area (Å²) in [7, 11) is 0. The van der Waals surface area contributed by atoms with Crippen molar-refractivity contribution in [3.8, 4) is 0 Å². The Balaban J connectivity index is 0.00000192. The van der Waals surface area contributed by atoms with Crippen LogP contribution in [0.4, 0.5) is 0 Å². The van der Waals surface area contributed by atoms with E-state index >= 15 is 0 Å². The number of hydrogen-bond donors (Lipinski definition) is 2. The van der Waals surface area contributed by atoms with Gasteiger partial charge in [-0.25, -0.2) is 0 Å². The molecular formula is C18H33ClN2OS. The maximum absolute atomic E-state index is 12.8. The predicted molar refractivity (Wildman–Crippen MR) is 101 cm³/mol. The van der Waals surface area contributed by atoms with Crippen LogP contribution in [-0.4, -0.2) is 29.0 Å². The Morgan fingerprint density at radius 3 is 2.39 bits per heavy atom. The van der Waals surface area contributed by atoms with Crippen LogP contribution in [0, 0.1) is 17.8 Å². The normalized spacial score (nSPS) is 40.1.